The van der Waals surface area contributed by atoms with Gasteiger partial charge in [0.2, 0.25) is 15.9 Å². The Bertz CT molecular complexity index is 598. The molecule has 6 nitrogen and oxygen atoms in total. The summed E-state index contributed by atoms with van der Waals surface area (Å²) in [6.45, 7) is 3.19. The molecule has 1 fully saturated rings. The molecule has 1 amide bonds. The van der Waals surface area contributed by atoms with Gasteiger partial charge < -0.3 is 10.1 Å². The maximum atomic E-state index is 12.4. The van der Waals surface area contributed by atoms with Crippen molar-refractivity contribution >= 4 is 15.9 Å². The Morgan fingerprint density at radius 1 is 1.27 bits per heavy atom. The second-order valence-electron chi connectivity index (χ2n) is 5.28. The fourth-order valence-corrected chi connectivity index (χ4v) is 3.47. The number of sulfonamides is 1. The molecule has 0 spiro atoms. The number of carbonyl (C=O) groups excluding carboxylic acids is 1. The molecule has 0 aromatic heterocycles. The van der Waals surface area contributed by atoms with Crippen molar-refractivity contribution in [2.24, 2.45) is 0 Å². The predicted octanol–water partition coefficient (Wildman–Crippen LogP) is 1.42. The maximum Gasteiger partial charge on any atom is 0.241 e. The molecule has 1 heterocycles. The van der Waals surface area contributed by atoms with E-state index in [1.165, 1.54) is 12.1 Å². The van der Waals surface area contributed by atoms with E-state index in [0.717, 1.165) is 19.3 Å². The number of hydrogen-bond acceptors (Lipinski definition) is 4. The fraction of sp³-hybridized carbons (Fsp3) is 0.533. The van der Waals surface area contributed by atoms with Crippen LogP contribution in [0.5, 0.6) is 5.75 Å². The van der Waals surface area contributed by atoms with Crippen LogP contribution in [0.25, 0.3) is 0 Å². The fourth-order valence-electron chi connectivity index (χ4n) is 2.24. The molecule has 0 radical (unpaired) electrons. The van der Waals surface area contributed by atoms with Crippen LogP contribution in [0.15, 0.2) is 29.2 Å². The van der Waals surface area contributed by atoms with E-state index in [4.69, 9.17) is 4.74 Å². The molecule has 122 valence electrons. The molecule has 1 saturated heterocycles. The summed E-state index contributed by atoms with van der Waals surface area (Å²) in [5.74, 6) is 0.372. The van der Waals surface area contributed by atoms with Crippen molar-refractivity contribution in [1.29, 1.82) is 0 Å². The quantitative estimate of drug-likeness (QED) is 0.828. The molecule has 2 N–H and O–H groups in total. The zero-order valence-corrected chi connectivity index (χ0v) is 13.5. The molecule has 1 atom stereocenters. The van der Waals surface area contributed by atoms with Gasteiger partial charge in [0.05, 0.1) is 11.5 Å². The van der Waals surface area contributed by atoms with Crippen molar-refractivity contribution in [1.82, 2.24) is 10.0 Å². The average molecular weight is 326 g/mol. The van der Waals surface area contributed by atoms with Crippen LogP contribution in [0.1, 0.15) is 32.6 Å². The number of carbonyl (C=O) groups is 1. The lowest BCUT2D eigenvalue weighted by atomic mass is 10.1. The number of ether oxygens (including phenoxy) is 1. The molecule has 0 unspecified atom stereocenters. The summed E-state index contributed by atoms with van der Waals surface area (Å²) in [5.41, 5.74) is 0. The highest BCUT2D eigenvalue weighted by Gasteiger charge is 2.26. The Morgan fingerprint density at radius 2 is 2.00 bits per heavy atom. The molecule has 1 aromatic rings. The molecular weight excluding hydrogens is 304 g/mol. The average Bonchev–Trinajstić information content (AvgIpc) is 2.70. The minimum atomic E-state index is -3.71. The lowest BCUT2D eigenvalue weighted by Crippen LogP contribution is -2.45. The number of rotatable bonds is 6. The largest absolute Gasteiger partial charge is 0.494 e. The molecule has 1 aliphatic heterocycles. The normalized spacial score (nSPS) is 19.3. The smallest absolute Gasteiger partial charge is 0.241 e. The highest BCUT2D eigenvalue weighted by atomic mass is 32.2. The second kappa shape index (κ2) is 7.60. The Morgan fingerprint density at radius 3 is 2.68 bits per heavy atom. The Hall–Kier alpha value is -1.60. The van der Waals surface area contributed by atoms with Crippen molar-refractivity contribution in [2.45, 2.75) is 43.5 Å². The lowest BCUT2D eigenvalue weighted by Gasteiger charge is -2.15. The van der Waals surface area contributed by atoms with E-state index in [0.29, 0.717) is 25.3 Å². The first-order valence-corrected chi connectivity index (χ1v) is 9.04. The molecule has 22 heavy (non-hydrogen) atoms. The van der Waals surface area contributed by atoms with E-state index in [1.807, 2.05) is 6.92 Å². The maximum absolute atomic E-state index is 12.4. The van der Waals surface area contributed by atoms with E-state index in [9.17, 15) is 13.2 Å². The molecular formula is C15H22N2O4S. The summed E-state index contributed by atoms with van der Waals surface area (Å²) < 4.78 is 32.6. The highest BCUT2D eigenvalue weighted by molar-refractivity contribution is 7.89. The summed E-state index contributed by atoms with van der Waals surface area (Å²) in [5, 5.41) is 2.72. The van der Waals surface area contributed by atoms with Crippen LogP contribution in [0.4, 0.5) is 0 Å². The van der Waals surface area contributed by atoms with Gasteiger partial charge in [0.1, 0.15) is 11.8 Å². The zero-order chi connectivity index (χ0) is 16.0. The topological polar surface area (TPSA) is 84.5 Å². The molecule has 1 aromatic carbocycles. The number of hydrogen-bond donors (Lipinski definition) is 2. The lowest BCUT2D eigenvalue weighted by molar-refractivity contribution is -0.122. The van der Waals surface area contributed by atoms with Gasteiger partial charge in [-0.3, -0.25) is 4.79 Å². The first-order valence-electron chi connectivity index (χ1n) is 7.56. The van der Waals surface area contributed by atoms with Crippen LogP contribution >= 0.6 is 0 Å². The third-order valence-corrected chi connectivity index (χ3v) is 4.93. The van der Waals surface area contributed by atoms with Crippen molar-refractivity contribution in [3.05, 3.63) is 24.3 Å². The Labute approximate surface area is 131 Å². The van der Waals surface area contributed by atoms with Gasteiger partial charge in [0.25, 0.3) is 0 Å². The standard InChI is InChI=1S/C15H22N2O4S/c1-2-11-21-12-6-8-13(9-7-12)22(19,20)17-14-5-3-4-10-16-15(14)18/h6-9,14,17H,2-5,10-11H2,1H3,(H,16,18)/t14-/m0/s1. The summed E-state index contributed by atoms with van der Waals surface area (Å²) >= 11 is 0. The summed E-state index contributed by atoms with van der Waals surface area (Å²) in [7, 11) is -3.71. The monoisotopic (exact) mass is 326 g/mol. The minimum absolute atomic E-state index is 0.133. The summed E-state index contributed by atoms with van der Waals surface area (Å²) in [4.78, 5) is 12.0. The van der Waals surface area contributed by atoms with Gasteiger partial charge in [-0.05, 0) is 49.9 Å². The van der Waals surface area contributed by atoms with Crippen molar-refractivity contribution in [3.8, 4) is 5.75 Å². The molecule has 0 saturated carbocycles. The van der Waals surface area contributed by atoms with Crippen molar-refractivity contribution in [2.75, 3.05) is 13.2 Å². The first kappa shape index (κ1) is 16.8. The van der Waals surface area contributed by atoms with Crippen LogP contribution in [-0.2, 0) is 14.8 Å². The van der Waals surface area contributed by atoms with E-state index in [1.54, 1.807) is 12.1 Å². The van der Waals surface area contributed by atoms with Gasteiger partial charge in [0, 0.05) is 6.54 Å². The van der Waals surface area contributed by atoms with Crippen molar-refractivity contribution < 1.29 is 17.9 Å². The zero-order valence-electron chi connectivity index (χ0n) is 12.7. The van der Waals surface area contributed by atoms with E-state index in [-0.39, 0.29) is 10.8 Å². The number of nitrogens with one attached hydrogen (secondary N) is 2. The van der Waals surface area contributed by atoms with Gasteiger partial charge >= 0.3 is 0 Å². The van der Waals surface area contributed by atoms with E-state index >= 15 is 0 Å². The summed E-state index contributed by atoms with van der Waals surface area (Å²) in [6.07, 6.45) is 3.09. The predicted molar refractivity (Wildman–Crippen MR) is 83.2 cm³/mol. The minimum Gasteiger partial charge on any atom is -0.494 e. The highest BCUT2D eigenvalue weighted by Crippen LogP contribution is 2.17. The van der Waals surface area contributed by atoms with Gasteiger partial charge in [0.15, 0.2) is 0 Å². The SMILES string of the molecule is CCCOc1ccc(S(=O)(=O)N[C@H]2CCCCNC2=O)cc1. The van der Waals surface area contributed by atoms with Gasteiger partial charge in [-0.15, -0.1) is 0 Å². The van der Waals surface area contributed by atoms with Crippen LogP contribution in [-0.4, -0.2) is 33.5 Å². The van der Waals surface area contributed by atoms with E-state index in [2.05, 4.69) is 10.0 Å². The van der Waals surface area contributed by atoms with Gasteiger partial charge in [-0.25, -0.2) is 8.42 Å². The third-order valence-electron chi connectivity index (χ3n) is 3.44. The Balaban J connectivity index is 2.07. The van der Waals surface area contributed by atoms with Crippen LogP contribution in [0.2, 0.25) is 0 Å². The van der Waals surface area contributed by atoms with Crippen LogP contribution in [0.3, 0.4) is 0 Å². The first-order chi connectivity index (χ1) is 10.5. The van der Waals surface area contributed by atoms with Gasteiger partial charge in [-0.2, -0.15) is 4.72 Å². The number of benzene rings is 1. The molecule has 0 bridgehead atoms. The number of amides is 1. The molecule has 7 heteroatoms. The second-order valence-corrected chi connectivity index (χ2v) is 6.99. The van der Waals surface area contributed by atoms with Gasteiger partial charge in [-0.1, -0.05) is 6.92 Å². The van der Waals surface area contributed by atoms with E-state index < -0.39 is 16.1 Å². The summed E-state index contributed by atoms with van der Waals surface area (Å²) in [6, 6.07) is 5.52. The Kier molecular flexibility index (Phi) is 5.79. The van der Waals surface area contributed by atoms with Crippen LogP contribution < -0.4 is 14.8 Å². The molecule has 2 rings (SSSR count). The molecule has 1 aliphatic rings. The van der Waals surface area contributed by atoms with Crippen molar-refractivity contribution in [3.63, 3.8) is 0 Å². The third kappa shape index (κ3) is 4.45. The van der Waals surface area contributed by atoms with Crippen LogP contribution in [0, 0.1) is 0 Å². The molecule has 0 aliphatic carbocycles.